The summed E-state index contributed by atoms with van der Waals surface area (Å²) < 4.78 is 0. The lowest BCUT2D eigenvalue weighted by Gasteiger charge is -2.20. The summed E-state index contributed by atoms with van der Waals surface area (Å²) in [5, 5.41) is 6.30. The van der Waals surface area contributed by atoms with Crippen LogP contribution in [0.1, 0.15) is 11.8 Å². The van der Waals surface area contributed by atoms with Gasteiger partial charge in [-0.3, -0.25) is 4.90 Å². The number of likely N-dealkylation sites (N-methyl/N-ethyl adjacent to an activating group) is 1. The van der Waals surface area contributed by atoms with E-state index in [1.807, 2.05) is 35.6 Å². The van der Waals surface area contributed by atoms with Gasteiger partial charge >= 0.3 is 0 Å². The number of hydrogen-bond acceptors (Lipinski definition) is 3. The van der Waals surface area contributed by atoms with Gasteiger partial charge in [0.1, 0.15) is 0 Å². The first-order chi connectivity index (χ1) is 9.29. The summed E-state index contributed by atoms with van der Waals surface area (Å²) in [5.41, 5.74) is 1.01. The van der Waals surface area contributed by atoms with E-state index in [9.17, 15) is 0 Å². The van der Waals surface area contributed by atoms with E-state index in [0.717, 1.165) is 36.9 Å². The van der Waals surface area contributed by atoms with Crippen LogP contribution in [-0.2, 0) is 6.54 Å². The SMILES string of the molecule is CCN(CCNc1ccccc1Cl)Cc1cccs1. The highest BCUT2D eigenvalue weighted by atomic mass is 35.5. The normalized spacial score (nSPS) is 10.9. The highest BCUT2D eigenvalue weighted by Gasteiger charge is 2.04. The molecule has 0 spiro atoms. The minimum Gasteiger partial charge on any atom is -0.383 e. The van der Waals surface area contributed by atoms with Gasteiger partial charge < -0.3 is 5.32 Å². The molecule has 0 bridgehead atoms. The molecule has 19 heavy (non-hydrogen) atoms. The fraction of sp³-hybridized carbons (Fsp3) is 0.333. The van der Waals surface area contributed by atoms with Crippen molar-refractivity contribution in [1.82, 2.24) is 4.90 Å². The second-order valence-electron chi connectivity index (χ2n) is 4.35. The maximum atomic E-state index is 6.11. The van der Waals surface area contributed by atoms with Crippen molar-refractivity contribution >= 4 is 28.6 Å². The molecular formula is C15H19ClN2S. The molecule has 1 heterocycles. The molecule has 1 aromatic carbocycles. The topological polar surface area (TPSA) is 15.3 Å². The molecule has 0 radical (unpaired) electrons. The maximum absolute atomic E-state index is 6.11. The van der Waals surface area contributed by atoms with Gasteiger partial charge in [0.05, 0.1) is 10.7 Å². The van der Waals surface area contributed by atoms with Crippen LogP contribution in [0.5, 0.6) is 0 Å². The highest BCUT2D eigenvalue weighted by Crippen LogP contribution is 2.20. The van der Waals surface area contributed by atoms with Crippen molar-refractivity contribution in [3.8, 4) is 0 Å². The van der Waals surface area contributed by atoms with Gasteiger partial charge in [-0.15, -0.1) is 11.3 Å². The van der Waals surface area contributed by atoms with Gasteiger partial charge in [-0.1, -0.05) is 36.7 Å². The van der Waals surface area contributed by atoms with Gasteiger partial charge in [0.25, 0.3) is 0 Å². The number of hydrogen-bond donors (Lipinski definition) is 1. The molecule has 0 aliphatic rings. The number of para-hydroxylation sites is 1. The molecule has 0 amide bonds. The third-order valence-electron chi connectivity index (χ3n) is 3.02. The number of nitrogens with zero attached hydrogens (tertiary/aromatic N) is 1. The monoisotopic (exact) mass is 294 g/mol. The Balaban J connectivity index is 1.79. The largest absolute Gasteiger partial charge is 0.383 e. The molecule has 0 aliphatic heterocycles. The molecule has 2 nitrogen and oxygen atoms in total. The Morgan fingerprint density at radius 1 is 1.21 bits per heavy atom. The first-order valence-corrected chi connectivity index (χ1v) is 7.78. The van der Waals surface area contributed by atoms with Crippen molar-refractivity contribution in [3.05, 3.63) is 51.7 Å². The highest BCUT2D eigenvalue weighted by molar-refractivity contribution is 7.09. The van der Waals surface area contributed by atoms with Crippen molar-refractivity contribution in [2.75, 3.05) is 25.0 Å². The zero-order valence-corrected chi connectivity index (χ0v) is 12.7. The van der Waals surface area contributed by atoms with Gasteiger partial charge in [-0.25, -0.2) is 0 Å². The van der Waals surface area contributed by atoms with Crippen molar-refractivity contribution in [1.29, 1.82) is 0 Å². The summed E-state index contributed by atoms with van der Waals surface area (Å²) in [5.74, 6) is 0. The summed E-state index contributed by atoms with van der Waals surface area (Å²) in [6.07, 6.45) is 0. The van der Waals surface area contributed by atoms with Crippen LogP contribution in [-0.4, -0.2) is 24.5 Å². The lowest BCUT2D eigenvalue weighted by molar-refractivity contribution is 0.294. The number of anilines is 1. The molecular weight excluding hydrogens is 276 g/mol. The van der Waals surface area contributed by atoms with Crippen LogP contribution in [0.3, 0.4) is 0 Å². The minimum atomic E-state index is 0.781. The van der Waals surface area contributed by atoms with Crippen molar-refractivity contribution < 1.29 is 0 Å². The summed E-state index contributed by atoms with van der Waals surface area (Å²) in [7, 11) is 0. The van der Waals surface area contributed by atoms with Gasteiger partial charge in [0, 0.05) is 24.5 Å². The smallest absolute Gasteiger partial charge is 0.0637 e. The predicted octanol–water partition coefficient (Wildman–Crippen LogP) is 4.34. The van der Waals surface area contributed by atoms with Crippen molar-refractivity contribution in [3.63, 3.8) is 0 Å². The van der Waals surface area contributed by atoms with E-state index in [1.54, 1.807) is 0 Å². The Hall–Kier alpha value is -1.03. The minimum absolute atomic E-state index is 0.781. The van der Waals surface area contributed by atoms with E-state index in [1.165, 1.54) is 4.88 Å². The zero-order chi connectivity index (χ0) is 13.5. The van der Waals surface area contributed by atoms with Gasteiger partial charge in [0.2, 0.25) is 0 Å². The number of halogens is 1. The van der Waals surface area contributed by atoms with Crippen LogP contribution in [0, 0.1) is 0 Å². The van der Waals surface area contributed by atoms with Gasteiger partial charge in [-0.2, -0.15) is 0 Å². The summed E-state index contributed by atoms with van der Waals surface area (Å²) in [6.45, 7) is 6.20. The summed E-state index contributed by atoms with van der Waals surface area (Å²) in [4.78, 5) is 3.84. The summed E-state index contributed by atoms with van der Waals surface area (Å²) >= 11 is 7.93. The van der Waals surface area contributed by atoms with Crippen molar-refractivity contribution in [2.45, 2.75) is 13.5 Å². The third-order valence-corrected chi connectivity index (χ3v) is 4.21. The maximum Gasteiger partial charge on any atom is 0.0637 e. The Morgan fingerprint density at radius 2 is 2.05 bits per heavy atom. The average Bonchev–Trinajstić information content (AvgIpc) is 2.92. The Morgan fingerprint density at radius 3 is 2.74 bits per heavy atom. The molecule has 1 aromatic heterocycles. The van der Waals surface area contributed by atoms with Crippen LogP contribution >= 0.6 is 22.9 Å². The second kappa shape index (κ2) is 7.53. The molecule has 0 saturated carbocycles. The molecule has 0 atom stereocenters. The Kier molecular flexibility index (Phi) is 5.70. The van der Waals surface area contributed by atoms with Crippen LogP contribution in [0.25, 0.3) is 0 Å². The summed E-state index contributed by atoms with van der Waals surface area (Å²) in [6, 6.07) is 12.2. The van der Waals surface area contributed by atoms with E-state index in [4.69, 9.17) is 11.6 Å². The molecule has 2 rings (SSSR count). The Bertz CT molecular complexity index is 485. The third kappa shape index (κ3) is 4.53. The molecule has 0 aliphatic carbocycles. The number of nitrogens with one attached hydrogen (secondary N) is 1. The average molecular weight is 295 g/mol. The first-order valence-electron chi connectivity index (χ1n) is 6.52. The molecule has 0 saturated heterocycles. The molecule has 102 valence electrons. The first kappa shape index (κ1) is 14.4. The lowest BCUT2D eigenvalue weighted by Crippen LogP contribution is -2.28. The molecule has 2 aromatic rings. The molecule has 1 N–H and O–H groups in total. The number of rotatable bonds is 7. The van der Waals surface area contributed by atoms with Crippen LogP contribution in [0.15, 0.2) is 41.8 Å². The van der Waals surface area contributed by atoms with Crippen molar-refractivity contribution in [2.24, 2.45) is 0 Å². The fourth-order valence-electron chi connectivity index (χ4n) is 1.93. The van der Waals surface area contributed by atoms with E-state index >= 15 is 0 Å². The standard InChI is InChI=1S/C15H19ClN2S/c1-2-18(12-13-6-5-11-19-13)10-9-17-15-8-4-3-7-14(15)16/h3-8,11,17H,2,9-10,12H2,1H3. The van der Waals surface area contributed by atoms with E-state index in [-0.39, 0.29) is 0 Å². The molecule has 0 fully saturated rings. The Labute approximate surface area is 124 Å². The fourth-order valence-corrected chi connectivity index (χ4v) is 2.87. The van der Waals surface area contributed by atoms with Crippen LogP contribution < -0.4 is 5.32 Å². The zero-order valence-electron chi connectivity index (χ0n) is 11.1. The van der Waals surface area contributed by atoms with Gasteiger partial charge in [0.15, 0.2) is 0 Å². The molecule has 0 unspecified atom stereocenters. The van der Waals surface area contributed by atoms with Crippen LogP contribution in [0.2, 0.25) is 5.02 Å². The van der Waals surface area contributed by atoms with E-state index in [2.05, 4.69) is 34.7 Å². The van der Waals surface area contributed by atoms with E-state index in [0.29, 0.717) is 0 Å². The van der Waals surface area contributed by atoms with Crippen LogP contribution in [0.4, 0.5) is 5.69 Å². The number of benzene rings is 1. The van der Waals surface area contributed by atoms with Gasteiger partial charge in [-0.05, 0) is 30.1 Å². The quantitative estimate of drug-likeness (QED) is 0.817. The van der Waals surface area contributed by atoms with E-state index < -0.39 is 0 Å². The lowest BCUT2D eigenvalue weighted by atomic mass is 10.3. The second-order valence-corrected chi connectivity index (χ2v) is 5.79. The molecule has 4 heteroatoms. The predicted molar refractivity (Wildman–Crippen MR) is 85.2 cm³/mol. The number of thiophene rings is 1.